The normalized spacial score (nSPS) is 14.6. The molecule has 1 aromatic carbocycles. The minimum atomic E-state index is -0.389. The van der Waals surface area contributed by atoms with E-state index in [1.807, 2.05) is 25.1 Å². The van der Waals surface area contributed by atoms with Crippen molar-refractivity contribution in [1.82, 2.24) is 25.8 Å². The molecule has 1 fully saturated rings. The Hall–Kier alpha value is -3.35. The fraction of sp³-hybridized carbons (Fsp3) is 0.250. The highest BCUT2D eigenvalue weighted by Crippen LogP contribution is 2.35. The van der Waals surface area contributed by atoms with E-state index in [0.29, 0.717) is 17.7 Å². The van der Waals surface area contributed by atoms with Crippen molar-refractivity contribution >= 4 is 22.7 Å². The number of rotatable bonds is 5. The van der Waals surface area contributed by atoms with Crippen molar-refractivity contribution < 1.29 is 9.59 Å². The zero-order valence-electron chi connectivity index (χ0n) is 14.9. The maximum absolute atomic E-state index is 12.6. The average Bonchev–Trinajstić information content (AvgIpc) is 3.45. The van der Waals surface area contributed by atoms with E-state index in [1.165, 1.54) is 6.20 Å². The number of carbonyl (C=O) groups is 2. The summed E-state index contributed by atoms with van der Waals surface area (Å²) in [7, 11) is 0. The number of pyridine rings is 1. The third-order valence-electron chi connectivity index (χ3n) is 4.86. The predicted octanol–water partition coefficient (Wildman–Crippen LogP) is 2.03. The molecule has 1 saturated carbocycles. The SMILES string of the molecule is Cc1cnncc1C(=O)NCC1(NC(=O)c2ccc3cccnc3c2)CC1. The molecule has 2 N–H and O–H groups in total. The van der Waals surface area contributed by atoms with E-state index in [0.717, 1.165) is 29.3 Å². The predicted molar refractivity (Wildman–Crippen MR) is 100 cm³/mol. The number of aryl methyl sites for hydroxylation is 1. The molecule has 2 heterocycles. The number of amides is 2. The smallest absolute Gasteiger partial charge is 0.253 e. The highest BCUT2D eigenvalue weighted by Gasteiger charge is 2.44. The van der Waals surface area contributed by atoms with Gasteiger partial charge in [-0.2, -0.15) is 10.2 Å². The molecule has 27 heavy (non-hydrogen) atoms. The maximum atomic E-state index is 12.6. The third kappa shape index (κ3) is 3.62. The van der Waals surface area contributed by atoms with Crippen LogP contribution in [0.1, 0.15) is 39.1 Å². The van der Waals surface area contributed by atoms with Crippen LogP contribution < -0.4 is 10.6 Å². The summed E-state index contributed by atoms with van der Waals surface area (Å²) < 4.78 is 0. The van der Waals surface area contributed by atoms with Crippen LogP contribution in [0.25, 0.3) is 10.9 Å². The third-order valence-corrected chi connectivity index (χ3v) is 4.86. The molecular formula is C20H19N5O2. The molecule has 2 amide bonds. The van der Waals surface area contributed by atoms with Crippen LogP contribution in [-0.4, -0.2) is 39.1 Å². The average molecular weight is 361 g/mol. The van der Waals surface area contributed by atoms with Gasteiger partial charge in [-0.1, -0.05) is 12.1 Å². The van der Waals surface area contributed by atoms with Gasteiger partial charge in [0.2, 0.25) is 0 Å². The second kappa shape index (κ2) is 6.75. The van der Waals surface area contributed by atoms with Crippen molar-refractivity contribution in [2.75, 3.05) is 6.54 Å². The number of hydrogen-bond donors (Lipinski definition) is 2. The van der Waals surface area contributed by atoms with Gasteiger partial charge in [0, 0.05) is 23.7 Å². The number of benzene rings is 1. The van der Waals surface area contributed by atoms with Crippen LogP contribution in [0.3, 0.4) is 0 Å². The van der Waals surface area contributed by atoms with Crippen LogP contribution in [0, 0.1) is 6.92 Å². The molecule has 1 aliphatic rings. The number of nitrogens with one attached hydrogen (secondary N) is 2. The Labute approximate surface area is 156 Å². The molecule has 0 radical (unpaired) electrons. The van der Waals surface area contributed by atoms with Crippen molar-refractivity contribution in [3.63, 3.8) is 0 Å². The number of fused-ring (bicyclic) bond motifs is 1. The van der Waals surface area contributed by atoms with Gasteiger partial charge in [-0.25, -0.2) is 0 Å². The molecule has 0 saturated heterocycles. The molecule has 0 atom stereocenters. The van der Waals surface area contributed by atoms with Gasteiger partial charge in [-0.15, -0.1) is 0 Å². The van der Waals surface area contributed by atoms with E-state index in [4.69, 9.17) is 0 Å². The topological polar surface area (TPSA) is 96.9 Å². The summed E-state index contributed by atoms with van der Waals surface area (Å²) in [6.07, 6.45) is 6.37. The second-order valence-electron chi connectivity index (χ2n) is 6.91. The summed E-state index contributed by atoms with van der Waals surface area (Å²) in [4.78, 5) is 29.3. The lowest BCUT2D eigenvalue weighted by Crippen LogP contribution is -2.45. The highest BCUT2D eigenvalue weighted by atomic mass is 16.2. The molecule has 7 heteroatoms. The fourth-order valence-electron chi connectivity index (χ4n) is 2.98. The zero-order valence-corrected chi connectivity index (χ0v) is 14.9. The minimum Gasteiger partial charge on any atom is -0.350 e. The molecule has 1 aliphatic carbocycles. The fourth-order valence-corrected chi connectivity index (χ4v) is 2.98. The molecular weight excluding hydrogens is 342 g/mol. The van der Waals surface area contributed by atoms with Crippen LogP contribution in [0.15, 0.2) is 48.9 Å². The van der Waals surface area contributed by atoms with Gasteiger partial charge in [0.15, 0.2) is 0 Å². The standard InChI is InChI=1S/C20H19N5O2/c1-13-10-23-24-11-16(13)19(27)22-12-20(6-7-20)25-18(26)15-5-4-14-3-2-8-21-17(14)9-15/h2-5,8-11H,6-7,12H2,1H3,(H,22,27)(H,25,26). The molecule has 3 aromatic rings. The molecule has 2 aromatic heterocycles. The van der Waals surface area contributed by atoms with Gasteiger partial charge in [0.25, 0.3) is 11.8 Å². The molecule has 4 rings (SSSR count). The molecule has 7 nitrogen and oxygen atoms in total. The first-order valence-electron chi connectivity index (χ1n) is 8.79. The van der Waals surface area contributed by atoms with E-state index in [1.54, 1.807) is 24.5 Å². The Morgan fingerprint density at radius 2 is 1.93 bits per heavy atom. The summed E-state index contributed by atoms with van der Waals surface area (Å²) in [5.74, 6) is -0.367. The second-order valence-corrected chi connectivity index (χ2v) is 6.91. The van der Waals surface area contributed by atoms with Gasteiger partial charge in [0.05, 0.1) is 29.0 Å². The quantitative estimate of drug-likeness (QED) is 0.725. The van der Waals surface area contributed by atoms with E-state index < -0.39 is 0 Å². The maximum Gasteiger partial charge on any atom is 0.253 e. The van der Waals surface area contributed by atoms with Gasteiger partial charge >= 0.3 is 0 Å². The summed E-state index contributed by atoms with van der Waals surface area (Å²) >= 11 is 0. The lowest BCUT2D eigenvalue weighted by atomic mass is 10.1. The Morgan fingerprint density at radius 3 is 2.70 bits per heavy atom. The van der Waals surface area contributed by atoms with Crippen molar-refractivity contribution in [3.05, 3.63) is 65.6 Å². The molecule has 0 spiro atoms. The van der Waals surface area contributed by atoms with Crippen molar-refractivity contribution in [2.45, 2.75) is 25.3 Å². The number of aromatic nitrogens is 3. The van der Waals surface area contributed by atoms with E-state index >= 15 is 0 Å². The van der Waals surface area contributed by atoms with Crippen molar-refractivity contribution in [2.24, 2.45) is 0 Å². The minimum absolute atomic E-state index is 0.156. The lowest BCUT2D eigenvalue weighted by molar-refractivity contribution is 0.0902. The Balaban J connectivity index is 1.41. The van der Waals surface area contributed by atoms with Gasteiger partial charge in [-0.05, 0) is 43.5 Å². The molecule has 0 bridgehead atoms. The highest BCUT2D eigenvalue weighted by molar-refractivity contribution is 5.98. The van der Waals surface area contributed by atoms with Gasteiger partial charge in [-0.3, -0.25) is 14.6 Å². The van der Waals surface area contributed by atoms with Crippen LogP contribution in [0.5, 0.6) is 0 Å². The van der Waals surface area contributed by atoms with Crippen LogP contribution in [0.2, 0.25) is 0 Å². The van der Waals surface area contributed by atoms with Crippen LogP contribution >= 0.6 is 0 Å². The molecule has 0 aliphatic heterocycles. The summed E-state index contributed by atoms with van der Waals surface area (Å²) in [5, 5.41) is 14.4. The summed E-state index contributed by atoms with van der Waals surface area (Å²) in [5.41, 5.74) is 2.21. The Morgan fingerprint density at radius 1 is 1.11 bits per heavy atom. The Bertz CT molecular complexity index is 1030. The van der Waals surface area contributed by atoms with Crippen LogP contribution in [0.4, 0.5) is 0 Å². The van der Waals surface area contributed by atoms with E-state index in [-0.39, 0.29) is 17.4 Å². The van der Waals surface area contributed by atoms with Crippen molar-refractivity contribution in [3.8, 4) is 0 Å². The number of nitrogens with zero attached hydrogens (tertiary/aromatic N) is 3. The zero-order chi connectivity index (χ0) is 18.9. The van der Waals surface area contributed by atoms with Gasteiger partial charge < -0.3 is 10.6 Å². The van der Waals surface area contributed by atoms with Crippen LogP contribution in [-0.2, 0) is 0 Å². The number of carbonyl (C=O) groups excluding carboxylic acids is 2. The largest absolute Gasteiger partial charge is 0.350 e. The Kier molecular flexibility index (Phi) is 4.27. The van der Waals surface area contributed by atoms with Crippen molar-refractivity contribution in [1.29, 1.82) is 0 Å². The first-order chi connectivity index (χ1) is 13.1. The van der Waals surface area contributed by atoms with Gasteiger partial charge in [0.1, 0.15) is 0 Å². The monoisotopic (exact) mass is 361 g/mol. The number of hydrogen-bond acceptors (Lipinski definition) is 5. The molecule has 136 valence electrons. The van der Waals surface area contributed by atoms with E-state index in [2.05, 4.69) is 25.8 Å². The van der Waals surface area contributed by atoms with E-state index in [9.17, 15) is 9.59 Å². The first-order valence-corrected chi connectivity index (χ1v) is 8.79. The summed E-state index contributed by atoms with van der Waals surface area (Å²) in [6.45, 7) is 2.19. The first kappa shape index (κ1) is 17.1. The molecule has 0 unspecified atom stereocenters. The summed E-state index contributed by atoms with van der Waals surface area (Å²) in [6, 6.07) is 9.28. The lowest BCUT2D eigenvalue weighted by Gasteiger charge is -2.18.